The highest BCUT2D eigenvalue weighted by molar-refractivity contribution is 6.32. The van der Waals surface area contributed by atoms with Crippen LogP contribution in [-0.4, -0.2) is 44.1 Å². The fourth-order valence-electron chi connectivity index (χ4n) is 1.41. The van der Waals surface area contributed by atoms with Gasteiger partial charge in [0, 0.05) is 13.1 Å². The summed E-state index contributed by atoms with van der Waals surface area (Å²) in [6.45, 7) is 5.86. The van der Waals surface area contributed by atoms with E-state index >= 15 is 0 Å². The lowest BCUT2D eigenvalue weighted by Crippen LogP contribution is -2.32. The fraction of sp³-hybridized carbons (Fsp3) is 0.429. The highest BCUT2D eigenvalue weighted by Gasteiger charge is 2.03. The Hall–Kier alpha value is -1.07. The van der Waals surface area contributed by atoms with Gasteiger partial charge < -0.3 is 19.9 Å². The molecule has 0 radical (unpaired) electrons. The Bertz CT molecular complexity index is 373. The van der Waals surface area contributed by atoms with E-state index in [0.717, 1.165) is 0 Å². The minimum Gasteiger partial charge on any atom is -0.491 e. The molecule has 1 atom stereocenters. The number of rotatable bonds is 10. The Morgan fingerprint density at radius 3 is 2.95 bits per heavy atom. The van der Waals surface area contributed by atoms with Gasteiger partial charge in [-0.1, -0.05) is 29.8 Å². The lowest BCUT2D eigenvalue weighted by Gasteiger charge is -2.12. The Morgan fingerprint density at radius 2 is 2.21 bits per heavy atom. The summed E-state index contributed by atoms with van der Waals surface area (Å²) in [5, 5.41) is 13.2. The summed E-state index contributed by atoms with van der Waals surface area (Å²) in [4.78, 5) is 0. The van der Waals surface area contributed by atoms with Crippen molar-refractivity contribution in [1.29, 1.82) is 0 Å². The predicted octanol–water partition coefficient (Wildman–Crippen LogP) is 1.87. The molecule has 19 heavy (non-hydrogen) atoms. The monoisotopic (exact) mass is 285 g/mol. The van der Waals surface area contributed by atoms with Crippen molar-refractivity contribution >= 4 is 11.6 Å². The van der Waals surface area contributed by atoms with E-state index in [2.05, 4.69) is 11.9 Å². The number of aliphatic hydroxyl groups excluding tert-OH is 1. The number of hydrogen-bond acceptors (Lipinski definition) is 4. The predicted molar refractivity (Wildman–Crippen MR) is 76.8 cm³/mol. The maximum absolute atomic E-state index is 9.55. The average Bonchev–Trinajstić information content (AvgIpc) is 2.41. The number of hydrogen-bond donors (Lipinski definition) is 2. The third kappa shape index (κ3) is 7.18. The van der Waals surface area contributed by atoms with Crippen LogP contribution in [0, 0.1) is 0 Å². The Labute approximate surface area is 119 Å². The van der Waals surface area contributed by atoms with Crippen molar-refractivity contribution in [3.63, 3.8) is 0 Å². The quantitative estimate of drug-likeness (QED) is 0.509. The van der Waals surface area contributed by atoms with E-state index in [9.17, 15) is 5.11 Å². The molecule has 0 unspecified atom stereocenters. The first-order valence-electron chi connectivity index (χ1n) is 6.18. The fourth-order valence-corrected chi connectivity index (χ4v) is 1.60. The van der Waals surface area contributed by atoms with Crippen LogP contribution in [0.3, 0.4) is 0 Å². The topological polar surface area (TPSA) is 50.7 Å². The van der Waals surface area contributed by atoms with Gasteiger partial charge in [-0.15, -0.1) is 6.58 Å². The molecule has 0 bridgehead atoms. The summed E-state index contributed by atoms with van der Waals surface area (Å²) in [5.74, 6) is 0.667. The van der Waals surface area contributed by atoms with Crippen molar-refractivity contribution in [3.05, 3.63) is 41.9 Å². The van der Waals surface area contributed by atoms with E-state index in [4.69, 9.17) is 21.1 Å². The first-order valence-corrected chi connectivity index (χ1v) is 6.56. The van der Waals surface area contributed by atoms with Gasteiger partial charge in [0.25, 0.3) is 0 Å². The largest absolute Gasteiger partial charge is 0.491 e. The molecule has 2 N–H and O–H groups in total. The van der Waals surface area contributed by atoms with Gasteiger partial charge in [0.1, 0.15) is 12.4 Å². The molecular formula is C14H20ClNO3. The van der Waals surface area contributed by atoms with Gasteiger partial charge in [-0.2, -0.15) is 0 Å². The van der Waals surface area contributed by atoms with Gasteiger partial charge in [-0.05, 0) is 12.1 Å². The second-order valence-electron chi connectivity index (χ2n) is 3.96. The average molecular weight is 286 g/mol. The second-order valence-corrected chi connectivity index (χ2v) is 4.37. The molecule has 0 aliphatic rings. The normalized spacial score (nSPS) is 12.1. The summed E-state index contributed by atoms with van der Waals surface area (Å²) < 4.78 is 10.6. The van der Waals surface area contributed by atoms with Gasteiger partial charge in [0.15, 0.2) is 0 Å². The van der Waals surface area contributed by atoms with Crippen LogP contribution in [-0.2, 0) is 4.74 Å². The van der Waals surface area contributed by atoms with Crippen LogP contribution in [0.1, 0.15) is 0 Å². The van der Waals surface area contributed by atoms with E-state index in [1.807, 2.05) is 18.2 Å². The maximum Gasteiger partial charge on any atom is 0.137 e. The van der Waals surface area contributed by atoms with Crippen molar-refractivity contribution in [3.8, 4) is 5.75 Å². The van der Waals surface area contributed by atoms with Gasteiger partial charge in [0.05, 0.1) is 24.3 Å². The summed E-state index contributed by atoms with van der Waals surface area (Å²) >= 11 is 5.95. The number of nitrogens with one attached hydrogen (secondary N) is 1. The van der Waals surface area contributed by atoms with E-state index < -0.39 is 6.10 Å². The summed E-state index contributed by atoms with van der Waals surface area (Å²) in [6, 6.07) is 7.33. The van der Waals surface area contributed by atoms with Crippen LogP contribution < -0.4 is 10.1 Å². The Kier molecular flexibility index (Phi) is 8.25. The number of benzene rings is 1. The zero-order chi connectivity index (χ0) is 13.9. The number of ether oxygens (including phenoxy) is 2. The molecule has 0 amide bonds. The van der Waals surface area contributed by atoms with Crippen LogP contribution in [0.15, 0.2) is 36.9 Å². The van der Waals surface area contributed by atoms with Crippen LogP contribution >= 0.6 is 11.6 Å². The minimum absolute atomic E-state index is 0.296. The van der Waals surface area contributed by atoms with Crippen LogP contribution in [0.5, 0.6) is 5.75 Å². The molecule has 0 aliphatic carbocycles. The molecule has 0 aromatic heterocycles. The minimum atomic E-state index is -0.528. The number of halogens is 1. The molecule has 5 heteroatoms. The van der Waals surface area contributed by atoms with E-state index in [1.165, 1.54) is 0 Å². The maximum atomic E-state index is 9.55. The van der Waals surface area contributed by atoms with E-state index in [1.54, 1.807) is 12.1 Å². The lowest BCUT2D eigenvalue weighted by molar-refractivity contribution is 0.0491. The van der Waals surface area contributed by atoms with Crippen molar-refractivity contribution < 1.29 is 14.6 Å². The Balaban J connectivity index is 2.05. The van der Waals surface area contributed by atoms with Gasteiger partial charge in [-0.25, -0.2) is 0 Å². The molecule has 1 aromatic rings. The SMILES string of the molecule is C=CCOC[C@@H](O)CNCCOc1ccccc1Cl. The second kappa shape index (κ2) is 9.81. The van der Waals surface area contributed by atoms with Gasteiger partial charge in [0.2, 0.25) is 0 Å². The van der Waals surface area contributed by atoms with Crippen molar-refractivity contribution in [1.82, 2.24) is 5.32 Å². The van der Waals surface area contributed by atoms with E-state index in [-0.39, 0.29) is 0 Å². The molecular weight excluding hydrogens is 266 g/mol. The number of aliphatic hydroxyl groups is 1. The molecule has 0 saturated heterocycles. The van der Waals surface area contributed by atoms with Crippen LogP contribution in [0.2, 0.25) is 5.02 Å². The molecule has 106 valence electrons. The third-order valence-corrected chi connectivity index (χ3v) is 2.61. The van der Waals surface area contributed by atoms with Crippen LogP contribution in [0.25, 0.3) is 0 Å². The van der Waals surface area contributed by atoms with E-state index in [0.29, 0.717) is 43.7 Å². The van der Waals surface area contributed by atoms with Crippen LogP contribution in [0.4, 0.5) is 0 Å². The molecule has 0 spiro atoms. The zero-order valence-corrected chi connectivity index (χ0v) is 11.6. The van der Waals surface area contributed by atoms with Crippen molar-refractivity contribution in [2.75, 3.05) is 32.9 Å². The first kappa shape index (κ1) is 16.0. The van der Waals surface area contributed by atoms with Crippen molar-refractivity contribution in [2.45, 2.75) is 6.10 Å². The van der Waals surface area contributed by atoms with Crippen molar-refractivity contribution in [2.24, 2.45) is 0 Å². The molecule has 0 aliphatic heterocycles. The van der Waals surface area contributed by atoms with Gasteiger partial charge >= 0.3 is 0 Å². The highest BCUT2D eigenvalue weighted by Crippen LogP contribution is 2.22. The molecule has 1 rings (SSSR count). The van der Waals surface area contributed by atoms with Gasteiger partial charge in [-0.3, -0.25) is 0 Å². The molecule has 4 nitrogen and oxygen atoms in total. The first-order chi connectivity index (χ1) is 9.24. The zero-order valence-electron chi connectivity index (χ0n) is 10.8. The standard InChI is InChI=1S/C14H20ClNO3/c1-2-8-18-11-12(17)10-16-7-9-19-14-6-4-3-5-13(14)15/h2-6,12,16-17H,1,7-11H2/t12-/m0/s1. The molecule has 0 fully saturated rings. The molecule has 1 aromatic carbocycles. The lowest BCUT2D eigenvalue weighted by atomic mass is 10.3. The highest BCUT2D eigenvalue weighted by atomic mass is 35.5. The summed E-state index contributed by atoms with van der Waals surface area (Å²) in [5.41, 5.74) is 0. The smallest absolute Gasteiger partial charge is 0.137 e. The number of para-hydroxylation sites is 1. The molecule has 0 heterocycles. The molecule has 0 saturated carbocycles. The third-order valence-electron chi connectivity index (χ3n) is 2.30. The summed E-state index contributed by atoms with van der Waals surface area (Å²) in [6.07, 6.45) is 1.12. The Morgan fingerprint density at radius 1 is 1.42 bits per heavy atom. The summed E-state index contributed by atoms with van der Waals surface area (Å²) in [7, 11) is 0.